The molecule has 4 nitrogen and oxygen atoms in total. The lowest BCUT2D eigenvalue weighted by Crippen LogP contribution is -2.01. The van der Waals surface area contributed by atoms with Crippen LogP contribution in [0, 0.1) is 6.92 Å². The zero-order valence-electron chi connectivity index (χ0n) is 9.58. The van der Waals surface area contributed by atoms with E-state index < -0.39 is 0 Å². The molecule has 2 aromatic rings. The number of nitrogens with zero attached hydrogens (tertiary/aromatic N) is 4. The molecule has 0 atom stereocenters. The van der Waals surface area contributed by atoms with E-state index in [1.165, 1.54) is 0 Å². The van der Waals surface area contributed by atoms with Crippen LogP contribution in [0.2, 0.25) is 0 Å². The van der Waals surface area contributed by atoms with Crippen molar-refractivity contribution in [3.8, 4) is 5.82 Å². The summed E-state index contributed by atoms with van der Waals surface area (Å²) >= 11 is 1.71. The highest BCUT2D eigenvalue weighted by Crippen LogP contribution is 2.20. The van der Waals surface area contributed by atoms with Crippen molar-refractivity contribution >= 4 is 11.8 Å². The Morgan fingerprint density at radius 1 is 1.25 bits per heavy atom. The summed E-state index contributed by atoms with van der Waals surface area (Å²) in [6, 6.07) is 3.96. The molecule has 0 unspecified atom stereocenters. The fourth-order valence-electron chi connectivity index (χ4n) is 1.37. The molecule has 0 fully saturated rings. The number of rotatable bonds is 3. The van der Waals surface area contributed by atoms with E-state index in [2.05, 4.69) is 29.0 Å². The molecule has 2 heterocycles. The van der Waals surface area contributed by atoms with E-state index in [0.29, 0.717) is 5.25 Å². The number of hydrogen-bond donors (Lipinski definition) is 0. The minimum absolute atomic E-state index is 0.523. The maximum atomic E-state index is 4.19. The van der Waals surface area contributed by atoms with Gasteiger partial charge in [0.25, 0.3) is 0 Å². The van der Waals surface area contributed by atoms with Crippen molar-refractivity contribution in [2.24, 2.45) is 0 Å². The lowest BCUT2D eigenvalue weighted by molar-refractivity contribution is 0.839. The van der Waals surface area contributed by atoms with Gasteiger partial charge >= 0.3 is 0 Å². The van der Waals surface area contributed by atoms with Crippen molar-refractivity contribution in [1.82, 2.24) is 19.7 Å². The second-order valence-electron chi connectivity index (χ2n) is 3.74. The van der Waals surface area contributed by atoms with Crippen molar-refractivity contribution in [3.63, 3.8) is 0 Å². The Bertz CT molecular complexity index is 461. The van der Waals surface area contributed by atoms with E-state index in [1.54, 1.807) is 18.0 Å². The van der Waals surface area contributed by atoms with Crippen molar-refractivity contribution in [2.45, 2.75) is 31.0 Å². The quantitative estimate of drug-likeness (QED) is 0.765. The van der Waals surface area contributed by atoms with Crippen molar-refractivity contribution < 1.29 is 0 Å². The Kier molecular flexibility index (Phi) is 3.24. The topological polar surface area (TPSA) is 43.6 Å². The van der Waals surface area contributed by atoms with Crippen LogP contribution in [0.25, 0.3) is 5.82 Å². The summed E-state index contributed by atoms with van der Waals surface area (Å²) in [5.41, 5.74) is 0. The summed E-state index contributed by atoms with van der Waals surface area (Å²) in [7, 11) is 0. The second kappa shape index (κ2) is 4.65. The van der Waals surface area contributed by atoms with E-state index in [9.17, 15) is 0 Å². The summed E-state index contributed by atoms with van der Waals surface area (Å²) in [6.45, 7) is 6.22. The molecule has 0 aliphatic rings. The molecule has 0 saturated carbocycles. The molecule has 2 rings (SSSR count). The third-order valence-corrected chi connectivity index (χ3v) is 2.99. The van der Waals surface area contributed by atoms with Gasteiger partial charge in [-0.25, -0.2) is 4.98 Å². The van der Waals surface area contributed by atoms with Gasteiger partial charge in [0.2, 0.25) is 0 Å². The number of aromatic nitrogens is 4. The third-order valence-electron chi connectivity index (χ3n) is 2.06. The molecule has 84 valence electrons. The van der Waals surface area contributed by atoms with Gasteiger partial charge in [-0.2, -0.15) is 0 Å². The van der Waals surface area contributed by atoms with Gasteiger partial charge in [-0.05, 0) is 19.1 Å². The number of hydrogen-bond acceptors (Lipinski definition) is 4. The molecule has 0 saturated heterocycles. The molecule has 0 aliphatic carbocycles. The Balaban J connectivity index is 2.23. The van der Waals surface area contributed by atoms with Gasteiger partial charge in [-0.1, -0.05) is 13.8 Å². The predicted molar refractivity (Wildman–Crippen MR) is 64.9 cm³/mol. The van der Waals surface area contributed by atoms with E-state index in [0.717, 1.165) is 16.7 Å². The summed E-state index contributed by atoms with van der Waals surface area (Å²) < 4.78 is 1.91. The second-order valence-corrected chi connectivity index (χ2v) is 5.34. The molecule has 0 N–H and O–H groups in total. The monoisotopic (exact) mass is 234 g/mol. The smallest absolute Gasteiger partial charge is 0.160 e. The minimum atomic E-state index is 0.523. The molecule has 0 aliphatic heterocycles. The summed E-state index contributed by atoms with van der Waals surface area (Å²) in [4.78, 5) is 4.15. The van der Waals surface area contributed by atoms with E-state index in [1.807, 2.05) is 29.8 Å². The molecule has 0 radical (unpaired) electrons. The minimum Gasteiger partial charge on any atom is -0.287 e. The summed E-state index contributed by atoms with van der Waals surface area (Å²) in [5.74, 6) is 1.72. The fraction of sp³-hybridized carbons (Fsp3) is 0.364. The molecular weight excluding hydrogens is 220 g/mol. The van der Waals surface area contributed by atoms with Crippen molar-refractivity contribution in [3.05, 3.63) is 30.4 Å². The Morgan fingerprint density at radius 2 is 2.06 bits per heavy atom. The van der Waals surface area contributed by atoms with Crippen LogP contribution in [0.1, 0.15) is 19.7 Å². The highest BCUT2D eigenvalue weighted by molar-refractivity contribution is 7.99. The van der Waals surface area contributed by atoms with Crippen LogP contribution in [0.5, 0.6) is 0 Å². The van der Waals surface area contributed by atoms with Crippen LogP contribution in [0.3, 0.4) is 0 Å². The zero-order valence-corrected chi connectivity index (χ0v) is 10.4. The average molecular weight is 234 g/mol. The van der Waals surface area contributed by atoms with Gasteiger partial charge in [0, 0.05) is 17.6 Å². The first-order chi connectivity index (χ1) is 7.66. The first-order valence-corrected chi connectivity index (χ1v) is 6.05. The summed E-state index contributed by atoms with van der Waals surface area (Å²) in [6.07, 6.45) is 3.64. The summed E-state index contributed by atoms with van der Waals surface area (Å²) in [5, 5.41) is 9.85. The van der Waals surface area contributed by atoms with Crippen molar-refractivity contribution in [2.75, 3.05) is 0 Å². The average Bonchev–Trinajstić information content (AvgIpc) is 2.65. The maximum Gasteiger partial charge on any atom is 0.160 e. The maximum absolute atomic E-state index is 4.19. The Morgan fingerprint density at radius 3 is 2.56 bits per heavy atom. The highest BCUT2D eigenvalue weighted by Gasteiger charge is 2.04. The standard InChI is InChI=1S/C11H14N4S/c1-8(2)16-11-5-4-10(13-14-11)15-7-6-12-9(15)3/h4-8H,1-3H3. The van der Waals surface area contributed by atoms with Gasteiger partial charge in [-0.15, -0.1) is 22.0 Å². The first-order valence-electron chi connectivity index (χ1n) is 5.17. The SMILES string of the molecule is Cc1nccn1-c1ccc(SC(C)C)nn1. The number of imidazole rings is 1. The van der Waals surface area contributed by atoms with Crippen LogP contribution in [-0.2, 0) is 0 Å². The lowest BCUT2D eigenvalue weighted by Gasteiger charge is -2.05. The van der Waals surface area contributed by atoms with Crippen LogP contribution in [0.4, 0.5) is 0 Å². The molecule has 5 heteroatoms. The van der Waals surface area contributed by atoms with E-state index >= 15 is 0 Å². The third kappa shape index (κ3) is 2.41. The Labute approximate surface area is 99.1 Å². The van der Waals surface area contributed by atoms with Gasteiger partial charge in [0.1, 0.15) is 10.9 Å². The normalized spacial score (nSPS) is 11.0. The van der Waals surface area contributed by atoms with Crippen LogP contribution in [-0.4, -0.2) is 25.0 Å². The number of aryl methyl sites for hydroxylation is 1. The molecule has 0 bridgehead atoms. The van der Waals surface area contributed by atoms with Gasteiger partial charge in [0.15, 0.2) is 5.82 Å². The Hall–Kier alpha value is -1.36. The molecule has 2 aromatic heterocycles. The molecule has 16 heavy (non-hydrogen) atoms. The highest BCUT2D eigenvalue weighted by atomic mass is 32.2. The first kappa shape index (κ1) is 11.1. The van der Waals surface area contributed by atoms with E-state index in [-0.39, 0.29) is 0 Å². The predicted octanol–water partition coefficient (Wildman–Crippen LogP) is 2.47. The molecule has 0 aromatic carbocycles. The van der Waals surface area contributed by atoms with Gasteiger partial charge in [-0.3, -0.25) is 4.57 Å². The lowest BCUT2D eigenvalue weighted by atomic mass is 10.5. The van der Waals surface area contributed by atoms with Crippen LogP contribution < -0.4 is 0 Å². The van der Waals surface area contributed by atoms with Crippen LogP contribution in [0.15, 0.2) is 29.6 Å². The molecule has 0 amide bonds. The number of thioether (sulfide) groups is 1. The molecule has 0 spiro atoms. The molecular formula is C11H14N4S. The van der Waals surface area contributed by atoms with Crippen LogP contribution >= 0.6 is 11.8 Å². The largest absolute Gasteiger partial charge is 0.287 e. The van der Waals surface area contributed by atoms with Gasteiger partial charge < -0.3 is 0 Å². The van der Waals surface area contributed by atoms with Gasteiger partial charge in [0.05, 0.1) is 0 Å². The fourth-order valence-corrected chi connectivity index (χ4v) is 2.08. The zero-order chi connectivity index (χ0) is 11.5. The van der Waals surface area contributed by atoms with Crippen molar-refractivity contribution in [1.29, 1.82) is 0 Å². The van der Waals surface area contributed by atoms with E-state index in [4.69, 9.17) is 0 Å².